The molecule has 1 aliphatic rings. The highest BCUT2D eigenvalue weighted by atomic mass is 16.5. The minimum Gasteiger partial charge on any atom is -0.381 e. The molecule has 17 heavy (non-hydrogen) atoms. The Morgan fingerprint density at radius 3 is 2.88 bits per heavy atom. The number of nitrogens with two attached hydrogens (primary N) is 1. The van der Waals surface area contributed by atoms with Crippen molar-refractivity contribution in [2.24, 2.45) is 5.73 Å². The molecule has 1 aromatic heterocycles. The van der Waals surface area contributed by atoms with Crippen molar-refractivity contribution >= 4 is 0 Å². The molecule has 0 bridgehead atoms. The maximum Gasteiger partial charge on any atom is 0.105 e. The second-order valence-electron chi connectivity index (χ2n) is 4.52. The van der Waals surface area contributed by atoms with Crippen LogP contribution in [-0.2, 0) is 16.0 Å². The molecule has 0 unspecified atom stereocenters. The molecule has 2 N–H and O–H groups in total. The molecule has 96 valence electrons. The van der Waals surface area contributed by atoms with Crippen molar-refractivity contribution in [2.45, 2.75) is 31.9 Å². The normalized spacial score (nSPS) is 19.4. The van der Waals surface area contributed by atoms with Crippen molar-refractivity contribution < 1.29 is 9.47 Å². The van der Waals surface area contributed by atoms with E-state index >= 15 is 0 Å². The second-order valence-corrected chi connectivity index (χ2v) is 4.52. The standard InChI is InChI=1S/C12H21N3O2/c1-11-14-4-5-15(11)6-9-17-12(10-13)2-7-16-8-3-12/h4-5H,2-3,6-10,13H2,1H3. The predicted molar refractivity (Wildman–Crippen MR) is 64.8 cm³/mol. The van der Waals surface area contributed by atoms with Crippen LogP contribution in [0.1, 0.15) is 18.7 Å². The van der Waals surface area contributed by atoms with Crippen molar-refractivity contribution in [1.29, 1.82) is 0 Å². The smallest absolute Gasteiger partial charge is 0.105 e. The van der Waals surface area contributed by atoms with Gasteiger partial charge < -0.3 is 19.8 Å². The molecule has 1 aliphatic heterocycles. The number of ether oxygens (including phenoxy) is 2. The molecule has 5 heteroatoms. The maximum absolute atomic E-state index is 5.99. The summed E-state index contributed by atoms with van der Waals surface area (Å²) in [4.78, 5) is 4.18. The van der Waals surface area contributed by atoms with Gasteiger partial charge in [-0.2, -0.15) is 0 Å². The Balaban J connectivity index is 1.82. The Morgan fingerprint density at radius 1 is 1.53 bits per heavy atom. The van der Waals surface area contributed by atoms with E-state index in [0.717, 1.165) is 38.4 Å². The van der Waals surface area contributed by atoms with E-state index in [4.69, 9.17) is 15.2 Å². The van der Waals surface area contributed by atoms with Crippen LogP contribution in [0.5, 0.6) is 0 Å². The molecule has 0 aliphatic carbocycles. The van der Waals surface area contributed by atoms with Crippen LogP contribution in [0.15, 0.2) is 12.4 Å². The van der Waals surface area contributed by atoms with Gasteiger partial charge in [0.25, 0.3) is 0 Å². The van der Waals surface area contributed by atoms with Crippen LogP contribution >= 0.6 is 0 Å². The van der Waals surface area contributed by atoms with E-state index in [1.54, 1.807) is 0 Å². The lowest BCUT2D eigenvalue weighted by molar-refractivity contribution is -0.106. The molecular weight excluding hydrogens is 218 g/mol. The van der Waals surface area contributed by atoms with Gasteiger partial charge in [0, 0.05) is 51.5 Å². The Labute approximate surface area is 102 Å². The predicted octanol–water partition coefficient (Wildman–Crippen LogP) is 0.716. The zero-order valence-corrected chi connectivity index (χ0v) is 10.4. The molecule has 2 heterocycles. The van der Waals surface area contributed by atoms with Gasteiger partial charge >= 0.3 is 0 Å². The lowest BCUT2D eigenvalue weighted by Crippen LogP contribution is -2.46. The Bertz CT molecular complexity index is 345. The molecule has 0 spiro atoms. The molecule has 2 rings (SSSR count). The molecule has 0 radical (unpaired) electrons. The van der Waals surface area contributed by atoms with Gasteiger partial charge in [0.1, 0.15) is 5.82 Å². The minimum absolute atomic E-state index is 0.174. The van der Waals surface area contributed by atoms with Crippen molar-refractivity contribution in [3.8, 4) is 0 Å². The third-order valence-corrected chi connectivity index (χ3v) is 3.44. The van der Waals surface area contributed by atoms with E-state index in [9.17, 15) is 0 Å². The highest BCUT2D eigenvalue weighted by molar-refractivity contribution is 4.89. The fourth-order valence-electron chi connectivity index (χ4n) is 2.15. The summed E-state index contributed by atoms with van der Waals surface area (Å²) in [6.07, 6.45) is 5.57. The summed E-state index contributed by atoms with van der Waals surface area (Å²) in [5, 5.41) is 0. The SMILES string of the molecule is Cc1nccn1CCOC1(CN)CCOCC1. The van der Waals surface area contributed by atoms with Gasteiger partial charge in [0.15, 0.2) is 0 Å². The molecular formula is C12H21N3O2. The van der Waals surface area contributed by atoms with Crippen molar-refractivity contribution in [3.05, 3.63) is 18.2 Å². The van der Waals surface area contributed by atoms with E-state index in [1.807, 2.05) is 19.3 Å². The number of nitrogens with zero attached hydrogens (tertiary/aromatic N) is 2. The first-order chi connectivity index (χ1) is 8.26. The van der Waals surface area contributed by atoms with Crippen LogP contribution < -0.4 is 5.73 Å². The van der Waals surface area contributed by atoms with Gasteiger partial charge in [-0.25, -0.2) is 4.98 Å². The summed E-state index contributed by atoms with van der Waals surface area (Å²) in [7, 11) is 0. The Morgan fingerprint density at radius 2 is 2.29 bits per heavy atom. The third-order valence-electron chi connectivity index (χ3n) is 3.44. The van der Waals surface area contributed by atoms with Crippen molar-refractivity contribution in [3.63, 3.8) is 0 Å². The summed E-state index contributed by atoms with van der Waals surface area (Å²) in [5.41, 5.74) is 5.65. The van der Waals surface area contributed by atoms with Crippen LogP contribution in [0.4, 0.5) is 0 Å². The van der Waals surface area contributed by atoms with E-state index < -0.39 is 0 Å². The average Bonchev–Trinajstić information content (AvgIpc) is 2.76. The fraction of sp³-hybridized carbons (Fsp3) is 0.750. The van der Waals surface area contributed by atoms with Crippen LogP contribution in [0, 0.1) is 6.92 Å². The van der Waals surface area contributed by atoms with E-state index in [2.05, 4.69) is 9.55 Å². The molecule has 0 saturated carbocycles. The monoisotopic (exact) mass is 239 g/mol. The second kappa shape index (κ2) is 5.62. The summed E-state index contributed by atoms with van der Waals surface area (Å²) in [6, 6.07) is 0. The van der Waals surface area contributed by atoms with E-state index in [1.165, 1.54) is 0 Å². The number of aryl methyl sites for hydroxylation is 1. The van der Waals surface area contributed by atoms with E-state index in [0.29, 0.717) is 13.2 Å². The van der Waals surface area contributed by atoms with Crippen LogP contribution in [0.25, 0.3) is 0 Å². The van der Waals surface area contributed by atoms with Crippen LogP contribution in [0.3, 0.4) is 0 Å². The third kappa shape index (κ3) is 3.06. The van der Waals surface area contributed by atoms with Gasteiger partial charge in [-0.05, 0) is 6.92 Å². The summed E-state index contributed by atoms with van der Waals surface area (Å²) >= 11 is 0. The fourth-order valence-corrected chi connectivity index (χ4v) is 2.15. The number of rotatable bonds is 5. The first-order valence-corrected chi connectivity index (χ1v) is 6.15. The Kier molecular flexibility index (Phi) is 4.15. The van der Waals surface area contributed by atoms with Crippen molar-refractivity contribution in [2.75, 3.05) is 26.4 Å². The summed E-state index contributed by atoms with van der Waals surface area (Å²) < 4.78 is 13.4. The molecule has 1 aromatic rings. The van der Waals surface area contributed by atoms with Crippen molar-refractivity contribution in [1.82, 2.24) is 9.55 Å². The largest absolute Gasteiger partial charge is 0.381 e. The van der Waals surface area contributed by atoms with Gasteiger partial charge in [0.05, 0.1) is 12.2 Å². The molecule has 0 amide bonds. The number of hydrogen-bond acceptors (Lipinski definition) is 4. The molecule has 1 saturated heterocycles. The number of hydrogen-bond donors (Lipinski definition) is 1. The molecule has 0 aromatic carbocycles. The summed E-state index contributed by atoms with van der Waals surface area (Å²) in [6.45, 7) is 5.57. The molecule has 5 nitrogen and oxygen atoms in total. The van der Waals surface area contributed by atoms with Crippen LogP contribution in [-0.4, -0.2) is 41.5 Å². The first kappa shape index (κ1) is 12.5. The quantitative estimate of drug-likeness (QED) is 0.822. The zero-order valence-electron chi connectivity index (χ0n) is 10.4. The van der Waals surface area contributed by atoms with Gasteiger partial charge in [-0.1, -0.05) is 0 Å². The highest BCUT2D eigenvalue weighted by Gasteiger charge is 2.31. The maximum atomic E-state index is 5.99. The Hall–Kier alpha value is -0.910. The summed E-state index contributed by atoms with van der Waals surface area (Å²) in [5.74, 6) is 1.02. The molecule has 0 atom stereocenters. The van der Waals surface area contributed by atoms with Gasteiger partial charge in [-0.3, -0.25) is 0 Å². The number of aromatic nitrogens is 2. The topological polar surface area (TPSA) is 62.3 Å². The van der Waals surface area contributed by atoms with E-state index in [-0.39, 0.29) is 5.60 Å². The van der Waals surface area contributed by atoms with Crippen LogP contribution in [0.2, 0.25) is 0 Å². The zero-order chi connectivity index (χ0) is 12.1. The molecule has 1 fully saturated rings. The van der Waals surface area contributed by atoms with Gasteiger partial charge in [-0.15, -0.1) is 0 Å². The lowest BCUT2D eigenvalue weighted by Gasteiger charge is -2.36. The van der Waals surface area contributed by atoms with Gasteiger partial charge in [0.2, 0.25) is 0 Å². The lowest BCUT2D eigenvalue weighted by atomic mass is 9.94. The highest BCUT2D eigenvalue weighted by Crippen LogP contribution is 2.23. The average molecular weight is 239 g/mol. The minimum atomic E-state index is -0.174. The first-order valence-electron chi connectivity index (χ1n) is 6.15. The number of imidazole rings is 1.